The predicted molar refractivity (Wildman–Crippen MR) is 60.1 cm³/mol. The number of nitrogens with one attached hydrogen (secondary N) is 2. The fourth-order valence-corrected chi connectivity index (χ4v) is 3.35. The minimum atomic E-state index is -3.00. The molecule has 5 heteroatoms. The van der Waals surface area contributed by atoms with E-state index < -0.39 is 10.0 Å². The van der Waals surface area contributed by atoms with Gasteiger partial charge in [0.05, 0.1) is 6.26 Å². The van der Waals surface area contributed by atoms with Crippen LogP contribution in [0.3, 0.4) is 0 Å². The van der Waals surface area contributed by atoms with E-state index in [9.17, 15) is 8.42 Å². The molecule has 2 atom stereocenters. The number of sulfonamides is 1. The van der Waals surface area contributed by atoms with Crippen LogP contribution < -0.4 is 10.0 Å². The highest BCUT2D eigenvalue weighted by Gasteiger charge is 2.32. The van der Waals surface area contributed by atoms with E-state index in [1.807, 2.05) is 0 Å². The number of fused-ring (bicyclic) bond motifs is 2. The highest BCUT2D eigenvalue weighted by Crippen LogP contribution is 2.32. The molecule has 2 unspecified atom stereocenters. The summed E-state index contributed by atoms with van der Waals surface area (Å²) in [5, 5.41) is 3.59. The maximum atomic E-state index is 10.9. The van der Waals surface area contributed by atoms with Crippen LogP contribution in [0.2, 0.25) is 0 Å². The molecule has 0 amide bonds. The molecular formula is C10H20N2O2S. The average molecular weight is 232 g/mol. The van der Waals surface area contributed by atoms with Gasteiger partial charge in [0.2, 0.25) is 10.0 Å². The summed E-state index contributed by atoms with van der Waals surface area (Å²) in [5.74, 6) is 0.706. The Morgan fingerprint density at radius 1 is 1.27 bits per heavy atom. The van der Waals surface area contributed by atoms with E-state index in [4.69, 9.17) is 0 Å². The molecule has 0 aromatic heterocycles. The van der Waals surface area contributed by atoms with Crippen molar-refractivity contribution in [2.24, 2.45) is 5.92 Å². The van der Waals surface area contributed by atoms with E-state index in [1.54, 1.807) is 0 Å². The van der Waals surface area contributed by atoms with E-state index >= 15 is 0 Å². The van der Waals surface area contributed by atoms with Crippen LogP contribution in [0.1, 0.15) is 32.1 Å². The summed E-state index contributed by atoms with van der Waals surface area (Å²) in [6, 6.07) is 1.40. The molecule has 15 heavy (non-hydrogen) atoms. The van der Waals surface area contributed by atoms with Crippen molar-refractivity contribution in [3.05, 3.63) is 0 Å². The van der Waals surface area contributed by atoms with Gasteiger partial charge in [-0.15, -0.1) is 0 Å². The van der Waals surface area contributed by atoms with Crippen molar-refractivity contribution in [3.63, 3.8) is 0 Å². The minimum Gasteiger partial charge on any atom is -0.311 e. The molecule has 0 aliphatic carbocycles. The van der Waals surface area contributed by atoms with Crippen LogP contribution in [0.4, 0.5) is 0 Å². The van der Waals surface area contributed by atoms with Crippen LogP contribution in [-0.4, -0.2) is 33.3 Å². The quantitative estimate of drug-likeness (QED) is 0.740. The van der Waals surface area contributed by atoms with Crippen LogP contribution in [-0.2, 0) is 10.0 Å². The molecule has 2 aliphatic rings. The third kappa shape index (κ3) is 3.43. The third-order valence-electron chi connectivity index (χ3n) is 3.49. The molecule has 2 N–H and O–H groups in total. The van der Waals surface area contributed by atoms with E-state index in [2.05, 4.69) is 10.0 Å². The second kappa shape index (κ2) is 4.39. The zero-order valence-corrected chi connectivity index (χ0v) is 10.0. The lowest BCUT2D eigenvalue weighted by molar-refractivity contribution is 0.287. The fourth-order valence-electron chi connectivity index (χ4n) is 2.86. The van der Waals surface area contributed by atoms with Gasteiger partial charge in [-0.25, -0.2) is 13.1 Å². The van der Waals surface area contributed by atoms with Gasteiger partial charge in [-0.3, -0.25) is 0 Å². The first-order valence-corrected chi connectivity index (χ1v) is 7.63. The monoisotopic (exact) mass is 232 g/mol. The number of rotatable bonds is 4. The Hall–Kier alpha value is -0.130. The Bertz CT molecular complexity index is 303. The second-order valence-electron chi connectivity index (χ2n) is 4.93. The zero-order valence-electron chi connectivity index (χ0n) is 9.20. The molecule has 2 saturated heterocycles. The molecule has 2 aliphatic heterocycles. The Labute approximate surface area is 91.9 Å². The lowest BCUT2D eigenvalue weighted by atomic mass is 9.90. The Kier molecular flexibility index (Phi) is 3.33. The van der Waals surface area contributed by atoms with Gasteiger partial charge in [0.25, 0.3) is 0 Å². The Morgan fingerprint density at radius 3 is 2.40 bits per heavy atom. The van der Waals surface area contributed by atoms with Gasteiger partial charge < -0.3 is 5.32 Å². The van der Waals surface area contributed by atoms with Gasteiger partial charge in [-0.05, 0) is 38.0 Å². The van der Waals surface area contributed by atoms with E-state index in [-0.39, 0.29) is 0 Å². The summed E-state index contributed by atoms with van der Waals surface area (Å²) in [6.45, 7) is 0.600. The number of hydrogen-bond donors (Lipinski definition) is 2. The van der Waals surface area contributed by atoms with Crippen LogP contribution >= 0.6 is 0 Å². The van der Waals surface area contributed by atoms with E-state index in [0.29, 0.717) is 24.5 Å². The summed E-state index contributed by atoms with van der Waals surface area (Å²) in [6.07, 6.45) is 7.27. The molecular weight excluding hydrogens is 212 g/mol. The fraction of sp³-hybridized carbons (Fsp3) is 1.00. The van der Waals surface area contributed by atoms with Crippen molar-refractivity contribution in [1.82, 2.24) is 10.0 Å². The topological polar surface area (TPSA) is 58.2 Å². The maximum absolute atomic E-state index is 10.9. The van der Waals surface area contributed by atoms with Crippen molar-refractivity contribution in [1.29, 1.82) is 0 Å². The van der Waals surface area contributed by atoms with Crippen LogP contribution in [0, 0.1) is 5.92 Å². The van der Waals surface area contributed by atoms with E-state index in [0.717, 1.165) is 6.42 Å². The van der Waals surface area contributed by atoms with Crippen molar-refractivity contribution >= 4 is 10.0 Å². The molecule has 2 fully saturated rings. The number of piperidine rings is 1. The van der Waals surface area contributed by atoms with Gasteiger partial charge in [0.15, 0.2) is 0 Å². The van der Waals surface area contributed by atoms with Crippen molar-refractivity contribution in [2.45, 2.75) is 44.2 Å². The highest BCUT2D eigenvalue weighted by atomic mass is 32.2. The molecule has 0 aromatic carbocycles. The minimum absolute atomic E-state index is 0.600. The summed E-state index contributed by atoms with van der Waals surface area (Å²) >= 11 is 0. The van der Waals surface area contributed by atoms with E-state index in [1.165, 1.54) is 31.9 Å². The predicted octanol–water partition coefficient (Wildman–Crippen LogP) is 0.456. The molecule has 2 rings (SSSR count). The summed E-state index contributed by atoms with van der Waals surface area (Å²) in [7, 11) is -3.00. The SMILES string of the molecule is CS(=O)(=O)NCCC1CC2CCC(C1)N2. The normalized spacial score (nSPS) is 35.7. The van der Waals surface area contributed by atoms with Crippen LogP contribution in [0.15, 0.2) is 0 Å². The highest BCUT2D eigenvalue weighted by molar-refractivity contribution is 7.88. The first kappa shape index (κ1) is 11.4. The van der Waals surface area contributed by atoms with Gasteiger partial charge >= 0.3 is 0 Å². The second-order valence-corrected chi connectivity index (χ2v) is 6.76. The first-order chi connectivity index (χ1) is 7.03. The molecule has 2 bridgehead atoms. The summed E-state index contributed by atoms with van der Waals surface area (Å²) < 4.78 is 24.4. The molecule has 0 spiro atoms. The van der Waals surface area contributed by atoms with Crippen molar-refractivity contribution in [3.8, 4) is 0 Å². The smallest absolute Gasteiger partial charge is 0.208 e. The average Bonchev–Trinajstić information content (AvgIpc) is 2.43. The lowest BCUT2D eigenvalue weighted by Crippen LogP contribution is -2.39. The van der Waals surface area contributed by atoms with Gasteiger partial charge in [-0.1, -0.05) is 0 Å². The van der Waals surface area contributed by atoms with Crippen molar-refractivity contribution in [2.75, 3.05) is 12.8 Å². The molecule has 0 aromatic rings. The van der Waals surface area contributed by atoms with Crippen LogP contribution in [0.5, 0.6) is 0 Å². The first-order valence-electron chi connectivity index (χ1n) is 5.73. The summed E-state index contributed by atoms with van der Waals surface area (Å²) in [5.41, 5.74) is 0. The standard InChI is InChI=1S/C10H20N2O2S/c1-15(13,14)11-5-4-8-6-9-2-3-10(7-8)12-9/h8-12H,2-7H2,1H3. The molecule has 0 saturated carbocycles. The molecule has 0 radical (unpaired) electrons. The Balaban J connectivity index is 1.72. The van der Waals surface area contributed by atoms with Gasteiger partial charge in [-0.2, -0.15) is 0 Å². The zero-order chi connectivity index (χ0) is 10.9. The lowest BCUT2D eigenvalue weighted by Gasteiger charge is -2.28. The number of hydrogen-bond acceptors (Lipinski definition) is 3. The Morgan fingerprint density at radius 2 is 1.87 bits per heavy atom. The van der Waals surface area contributed by atoms with Gasteiger partial charge in [0, 0.05) is 18.6 Å². The molecule has 4 nitrogen and oxygen atoms in total. The van der Waals surface area contributed by atoms with Crippen molar-refractivity contribution < 1.29 is 8.42 Å². The van der Waals surface area contributed by atoms with Gasteiger partial charge in [0.1, 0.15) is 0 Å². The molecule has 2 heterocycles. The van der Waals surface area contributed by atoms with Crippen LogP contribution in [0.25, 0.3) is 0 Å². The third-order valence-corrected chi connectivity index (χ3v) is 4.22. The maximum Gasteiger partial charge on any atom is 0.208 e. The summed E-state index contributed by atoms with van der Waals surface area (Å²) in [4.78, 5) is 0. The largest absolute Gasteiger partial charge is 0.311 e. The molecule has 88 valence electrons.